The highest BCUT2D eigenvalue weighted by Gasteiger charge is 2.29. The Morgan fingerprint density at radius 3 is 2.85 bits per heavy atom. The SMILES string of the molecule is NC1CCOCC1c1nc(CSC2CCCCC2)no1. The molecule has 2 heterocycles. The van der Waals surface area contributed by atoms with E-state index in [0.717, 1.165) is 29.9 Å². The van der Waals surface area contributed by atoms with Crippen molar-refractivity contribution in [3.63, 3.8) is 0 Å². The zero-order valence-corrected chi connectivity index (χ0v) is 12.6. The predicted octanol–water partition coefficient (Wildman–Crippen LogP) is 2.47. The molecule has 2 N–H and O–H groups in total. The van der Waals surface area contributed by atoms with Crippen molar-refractivity contribution in [2.45, 2.75) is 61.5 Å². The molecule has 3 rings (SSSR count). The van der Waals surface area contributed by atoms with Gasteiger partial charge in [-0.2, -0.15) is 16.7 Å². The number of hydrogen-bond acceptors (Lipinski definition) is 6. The van der Waals surface area contributed by atoms with Crippen LogP contribution in [0.4, 0.5) is 0 Å². The quantitative estimate of drug-likeness (QED) is 0.920. The standard InChI is InChI=1S/C14H23N3O2S/c15-12-6-7-18-8-11(12)14-16-13(17-19-14)9-20-10-4-2-1-3-5-10/h10-12H,1-9,15H2. The summed E-state index contributed by atoms with van der Waals surface area (Å²) in [4.78, 5) is 4.51. The lowest BCUT2D eigenvalue weighted by Crippen LogP contribution is -2.37. The number of nitrogens with zero attached hydrogens (tertiary/aromatic N) is 2. The van der Waals surface area contributed by atoms with Crippen LogP contribution in [0.1, 0.15) is 56.2 Å². The van der Waals surface area contributed by atoms with Crippen LogP contribution in [-0.4, -0.2) is 34.6 Å². The first-order valence-electron chi connectivity index (χ1n) is 7.60. The summed E-state index contributed by atoms with van der Waals surface area (Å²) in [5, 5.41) is 4.86. The Hall–Kier alpha value is -0.590. The van der Waals surface area contributed by atoms with Crippen LogP contribution in [0.2, 0.25) is 0 Å². The molecule has 2 aliphatic rings. The van der Waals surface area contributed by atoms with Gasteiger partial charge in [-0.15, -0.1) is 0 Å². The monoisotopic (exact) mass is 297 g/mol. The van der Waals surface area contributed by atoms with E-state index in [-0.39, 0.29) is 12.0 Å². The van der Waals surface area contributed by atoms with E-state index in [2.05, 4.69) is 10.1 Å². The maximum atomic E-state index is 6.10. The van der Waals surface area contributed by atoms with Crippen molar-refractivity contribution in [2.75, 3.05) is 13.2 Å². The number of aromatic nitrogens is 2. The molecular formula is C14H23N3O2S. The van der Waals surface area contributed by atoms with Crippen molar-refractivity contribution in [1.82, 2.24) is 10.1 Å². The maximum Gasteiger partial charge on any atom is 0.233 e. The van der Waals surface area contributed by atoms with E-state index in [9.17, 15) is 0 Å². The van der Waals surface area contributed by atoms with Crippen molar-refractivity contribution in [1.29, 1.82) is 0 Å². The highest BCUT2D eigenvalue weighted by molar-refractivity contribution is 7.99. The van der Waals surface area contributed by atoms with Crippen molar-refractivity contribution in [2.24, 2.45) is 5.73 Å². The average Bonchev–Trinajstić information content (AvgIpc) is 2.95. The Balaban J connectivity index is 1.53. The molecule has 2 fully saturated rings. The highest BCUT2D eigenvalue weighted by Crippen LogP contribution is 2.30. The molecule has 1 aromatic rings. The largest absolute Gasteiger partial charge is 0.381 e. The van der Waals surface area contributed by atoms with Crippen LogP contribution in [0.5, 0.6) is 0 Å². The first-order chi connectivity index (χ1) is 9.83. The molecule has 2 atom stereocenters. The van der Waals surface area contributed by atoms with Gasteiger partial charge in [0, 0.05) is 17.9 Å². The molecule has 1 saturated heterocycles. The van der Waals surface area contributed by atoms with E-state index >= 15 is 0 Å². The second-order valence-electron chi connectivity index (χ2n) is 5.75. The van der Waals surface area contributed by atoms with Gasteiger partial charge in [-0.3, -0.25) is 0 Å². The lowest BCUT2D eigenvalue weighted by molar-refractivity contribution is 0.0590. The summed E-state index contributed by atoms with van der Waals surface area (Å²) in [6.45, 7) is 1.33. The van der Waals surface area contributed by atoms with Crippen LogP contribution in [0, 0.1) is 0 Å². The van der Waals surface area contributed by atoms with Crippen LogP contribution < -0.4 is 5.73 Å². The van der Waals surface area contributed by atoms with Gasteiger partial charge in [-0.25, -0.2) is 0 Å². The molecule has 1 saturated carbocycles. The number of ether oxygens (including phenoxy) is 1. The number of nitrogens with two attached hydrogens (primary N) is 1. The molecule has 0 aromatic carbocycles. The second kappa shape index (κ2) is 6.91. The lowest BCUT2D eigenvalue weighted by Gasteiger charge is -2.25. The van der Waals surface area contributed by atoms with Gasteiger partial charge in [-0.1, -0.05) is 24.4 Å². The van der Waals surface area contributed by atoms with Crippen molar-refractivity contribution in [3.05, 3.63) is 11.7 Å². The van der Waals surface area contributed by atoms with Crippen molar-refractivity contribution >= 4 is 11.8 Å². The van der Waals surface area contributed by atoms with E-state index < -0.39 is 0 Å². The molecule has 0 bridgehead atoms. The summed E-state index contributed by atoms with van der Waals surface area (Å²) < 4.78 is 10.8. The fourth-order valence-corrected chi connectivity index (χ4v) is 4.08. The minimum Gasteiger partial charge on any atom is -0.381 e. The summed E-state index contributed by atoms with van der Waals surface area (Å²) in [5.41, 5.74) is 6.10. The zero-order chi connectivity index (χ0) is 13.8. The summed E-state index contributed by atoms with van der Waals surface area (Å²) >= 11 is 1.96. The van der Waals surface area contributed by atoms with E-state index in [1.165, 1.54) is 32.1 Å². The van der Waals surface area contributed by atoms with Gasteiger partial charge in [0.2, 0.25) is 5.89 Å². The molecular weight excluding hydrogens is 274 g/mol. The molecule has 6 heteroatoms. The van der Waals surface area contributed by atoms with Crippen LogP contribution in [0.15, 0.2) is 4.52 Å². The van der Waals surface area contributed by atoms with Gasteiger partial charge in [0.15, 0.2) is 5.82 Å². The lowest BCUT2D eigenvalue weighted by atomic mass is 9.97. The summed E-state index contributed by atoms with van der Waals surface area (Å²) in [7, 11) is 0. The average molecular weight is 297 g/mol. The molecule has 1 aromatic heterocycles. The van der Waals surface area contributed by atoms with E-state index in [1.807, 2.05) is 11.8 Å². The molecule has 112 valence electrons. The summed E-state index contributed by atoms with van der Waals surface area (Å²) in [5.74, 6) is 2.35. The van der Waals surface area contributed by atoms with Gasteiger partial charge in [0.1, 0.15) is 0 Å². The van der Waals surface area contributed by atoms with E-state index in [1.54, 1.807) is 0 Å². The third kappa shape index (κ3) is 3.54. The van der Waals surface area contributed by atoms with Gasteiger partial charge < -0.3 is 15.0 Å². The Kier molecular flexibility index (Phi) is 4.96. The minimum absolute atomic E-state index is 0.0599. The van der Waals surface area contributed by atoms with E-state index in [0.29, 0.717) is 12.5 Å². The smallest absolute Gasteiger partial charge is 0.233 e. The molecule has 5 nitrogen and oxygen atoms in total. The maximum absolute atomic E-state index is 6.10. The number of hydrogen-bond donors (Lipinski definition) is 1. The number of thioether (sulfide) groups is 1. The van der Waals surface area contributed by atoms with Crippen LogP contribution in [0.25, 0.3) is 0 Å². The molecule has 0 radical (unpaired) electrons. The number of rotatable bonds is 4. The van der Waals surface area contributed by atoms with Crippen molar-refractivity contribution in [3.8, 4) is 0 Å². The summed E-state index contributed by atoms with van der Waals surface area (Å²) in [6, 6.07) is 0.0723. The first-order valence-corrected chi connectivity index (χ1v) is 8.65. The molecule has 0 spiro atoms. The topological polar surface area (TPSA) is 74.2 Å². The Morgan fingerprint density at radius 2 is 2.05 bits per heavy atom. The predicted molar refractivity (Wildman–Crippen MR) is 78.6 cm³/mol. The molecule has 1 aliphatic carbocycles. The molecule has 1 aliphatic heterocycles. The van der Waals surface area contributed by atoms with Crippen molar-refractivity contribution < 1.29 is 9.26 Å². The minimum atomic E-state index is 0.0599. The Morgan fingerprint density at radius 1 is 1.20 bits per heavy atom. The first kappa shape index (κ1) is 14.4. The summed E-state index contributed by atoms with van der Waals surface area (Å²) in [6.07, 6.45) is 7.64. The van der Waals surface area contributed by atoms with Gasteiger partial charge in [-0.05, 0) is 19.3 Å². The molecule has 0 amide bonds. The second-order valence-corrected chi connectivity index (χ2v) is 7.04. The van der Waals surface area contributed by atoms with Gasteiger partial charge >= 0.3 is 0 Å². The third-order valence-electron chi connectivity index (χ3n) is 4.21. The van der Waals surface area contributed by atoms with Crippen LogP contribution in [0.3, 0.4) is 0 Å². The Labute approximate surface area is 124 Å². The third-order valence-corrected chi connectivity index (χ3v) is 5.58. The van der Waals surface area contributed by atoms with E-state index in [4.69, 9.17) is 15.0 Å². The Bertz CT molecular complexity index is 420. The van der Waals surface area contributed by atoms with Gasteiger partial charge in [0.05, 0.1) is 18.3 Å². The zero-order valence-electron chi connectivity index (χ0n) is 11.8. The normalized spacial score (nSPS) is 28.6. The van der Waals surface area contributed by atoms with Crippen LogP contribution >= 0.6 is 11.8 Å². The van der Waals surface area contributed by atoms with Gasteiger partial charge in [0.25, 0.3) is 0 Å². The van der Waals surface area contributed by atoms with Crippen LogP contribution in [-0.2, 0) is 10.5 Å². The fourth-order valence-electron chi connectivity index (χ4n) is 2.91. The molecule has 2 unspecified atom stereocenters. The highest BCUT2D eigenvalue weighted by atomic mass is 32.2. The molecule has 20 heavy (non-hydrogen) atoms. The fraction of sp³-hybridized carbons (Fsp3) is 0.857.